The highest BCUT2D eigenvalue weighted by atomic mass is 32.2. The molecule has 1 aromatic carbocycles. The second-order valence-electron chi connectivity index (χ2n) is 7.07. The van der Waals surface area contributed by atoms with Crippen molar-refractivity contribution in [2.45, 2.75) is 10.9 Å². The van der Waals surface area contributed by atoms with Gasteiger partial charge in [0.25, 0.3) is 5.69 Å². The Morgan fingerprint density at radius 3 is 2.11 bits per heavy atom. The Kier molecular flexibility index (Phi) is 6.77. The Balaban J connectivity index is 1.75. The van der Waals surface area contributed by atoms with Crippen molar-refractivity contribution in [3.63, 3.8) is 0 Å². The van der Waals surface area contributed by atoms with Gasteiger partial charge in [-0.1, -0.05) is 0 Å². The molecule has 1 atom stereocenters. The van der Waals surface area contributed by atoms with Crippen molar-refractivity contribution in [2.24, 2.45) is 0 Å². The number of nitro groups is 1. The van der Waals surface area contributed by atoms with Crippen LogP contribution in [0, 0.1) is 10.1 Å². The first-order chi connectivity index (χ1) is 13.0. The molecule has 150 valence electrons. The molecule has 0 unspecified atom stereocenters. The summed E-state index contributed by atoms with van der Waals surface area (Å²) < 4.78 is 36.8. The first-order valence-corrected chi connectivity index (χ1v) is 10.9. The normalized spacial score (nSPS) is 21.0. The Bertz CT molecular complexity index is 728. The Morgan fingerprint density at radius 1 is 1.00 bits per heavy atom. The van der Waals surface area contributed by atoms with Gasteiger partial charge in [-0.2, -0.15) is 0 Å². The molecular weight excluding hydrogens is 374 g/mol. The molecule has 3 rings (SSSR count). The molecule has 0 amide bonds. The third kappa shape index (κ3) is 5.45. The van der Waals surface area contributed by atoms with E-state index in [0.717, 1.165) is 32.7 Å². The van der Waals surface area contributed by atoms with Crippen LogP contribution in [0.3, 0.4) is 0 Å². The molecule has 2 aliphatic heterocycles. The van der Waals surface area contributed by atoms with E-state index < -0.39 is 14.8 Å². The van der Waals surface area contributed by atoms with Crippen molar-refractivity contribution in [2.75, 3.05) is 64.9 Å². The van der Waals surface area contributed by atoms with Crippen molar-refractivity contribution >= 4 is 15.5 Å². The first kappa shape index (κ1) is 20.2. The lowest BCUT2D eigenvalue weighted by molar-refractivity contribution is -0.981. The van der Waals surface area contributed by atoms with E-state index in [1.165, 1.54) is 34.1 Å². The van der Waals surface area contributed by atoms with Crippen LogP contribution in [0.15, 0.2) is 29.2 Å². The molecule has 2 heterocycles. The van der Waals surface area contributed by atoms with Crippen LogP contribution in [0.4, 0.5) is 5.69 Å². The number of quaternary nitrogens is 2. The summed E-state index contributed by atoms with van der Waals surface area (Å²) >= 11 is 0. The van der Waals surface area contributed by atoms with E-state index in [1.54, 1.807) is 0 Å². The largest absolute Gasteiger partial charge is 0.370 e. The fourth-order valence-corrected chi connectivity index (χ4v) is 5.34. The molecule has 0 aliphatic carbocycles. The minimum atomic E-state index is -3.53. The highest BCUT2D eigenvalue weighted by Crippen LogP contribution is 2.17. The van der Waals surface area contributed by atoms with Crippen LogP contribution in [0.2, 0.25) is 0 Å². The van der Waals surface area contributed by atoms with E-state index in [9.17, 15) is 18.5 Å². The van der Waals surface area contributed by atoms with Gasteiger partial charge in [-0.3, -0.25) is 10.1 Å². The zero-order valence-corrected chi connectivity index (χ0v) is 16.1. The Hall–Kier alpha value is -1.59. The summed E-state index contributed by atoms with van der Waals surface area (Å²) in [7, 11) is -3.53. The molecule has 10 heteroatoms. The molecule has 0 bridgehead atoms. The summed E-state index contributed by atoms with van der Waals surface area (Å²) in [5.74, 6) is 0.0322. The molecule has 0 aromatic heterocycles. The summed E-state index contributed by atoms with van der Waals surface area (Å²) in [5.41, 5.74) is -0.109. The lowest BCUT2D eigenvalue weighted by Gasteiger charge is -2.34. The van der Waals surface area contributed by atoms with Gasteiger partial charge in [0.15, 0.2) is 15.9 Å². The maximum Gasteiger partial charge on any atom is 0.269 e. The number of benzene rings is 1. The number of nitrogens with zero attached hydrogens (tertiary/aromatic N) is 1. The molecule has 9 nitrogen and oxygen atoms in total. The number of hydrogen-bond donors (Lipinski definition) is 2. The molecule has 2 saturated heterocycles. The number of nitro benzene ring substituents is 1. The van der Waals surface area contributed by atoms with Gasteiger partial charge < -0.3 is 19.3 Å². The van der Waals surface area contributed by atoms with Crippen molar-refractivity contribution in [1.29, 1.82) is 0 Å². The summed E-state index contributed by atoms with van der Waals surface area (Å²) in [6, 6.07) is 5.12. The van der Waals surface area contributed by atoms with Crippen LogP contribution in [0.1, 0.15) is 0 Å². The van der Waals surface area contributed by atoms with Crippen LogP contribution < -0.4 is 9.80 Å². The highest BCUT2D eigenvalue weighted by molar-refractivity contribution is 7.91. The molecule has 2 aliphatic rings. The molecule has 1 aromatic rings. The topological polar surface area (TPSA) is 105 Å². The maximum absolute atomic E-state index is 13.0. The number of rotatable bonds is 7. The SMILES string of the molecule is O=[N+]([O-])c1ccc(S(=O)(=O)C[C@@H](C[NH+]2CCOCC2)[NH+]2CCOCC2)cc1. The average Bonchev–Trinajstić information content (AvgIpc) is 2.69. The molecule has 0 saturated carbocycles. The molecule has 2 N–H and O–H groups in total. The lowest BCUT2D eigenvalue weighted by Crippen LogP contribution is -3.25. The predicted octanol–water partition coefficient (Wildman–Crippen LogP) is -2.43. The monoisotopic (exact) mass is 401 g/mol. The van der Waals surface area contributed by atoms with Gasteiger partial charge in [0.1, 0.15) is 38.5 Å². The van der Waals surface area contributed by atoms with Gasteiger partial charge in [0.05, 0.1) is 36.2 Å². The van der Waals surface area contributed by atoms with Gasteiger partial charge in [-0.15, -0.1) is 0 Å². The van der Waals surface area contributed by atoms with E-state index in [-0.39, 0.29) is 22.4 Å². The fraction of sp³-hybridized carbons (Fsp3) is 0.647. The van der Waals surface area contributed by atoms with Gasteiger partial charge in [-0.25, -0.2) is 8.42 Å². The standard InChI is InChI=1S/C17H25N3O6S/c21-20(22)15-1-3-17(4-2-15)27(23,24)14-16(19-7-11-26-12-8-19)13-18-5-9-25-10-6-18/h1-4,16H,5-14H2/p+2/t16-/m1/s1. The van der Waals surface area contributed by atoms with E-state index in [2.05, 4.69) is 0 Å². The van der Waals surface area contributed by atoms with E-state index >= 15 is 0 Å². The second-order valence-corrected chi connectivity index (χ2v) is 9.10. The molecule has 2 fully saturated rings. The smallest absolute Gasteiger partial charge is 0.269 e. The van der Waals surface area contributed by atoms with Crippen molar-refractivity contribution in [1.82, 2.24) is 0 Å². The number of hydrogen-bond acceptors (Lipinski definition) is 6. The van der Waals surface area contributed by atoms with Gasteiger partial charge in [-0.05, 0) is 12.1 Å². The number of sulfone groups is 1. The number of nitrogens with one attached hydrogen (secondary N) is 2. The number of ether oxygens (including phenoxy) is 2. The summed E-state index contributed by atoms with van der Waals surface area (Å²) in [4.78, 5) is 13.0. The molecule has 0 spiro atoms. The zero-order valence-electron chi connectivity index (χ0n) is 15.3. The zero-order chi connectivity index (χ0) is 19.3. The summed E-state index contributed by atoms with van der Waals surface area (Å²) in [6.07, 6.45) is 0. The quantitative estimate of drug-likeness (QED) is 0.389. The molecule has 27 heavy (non-hydrogen) atoms. The van der Waals surface area contributed by atoms with Gasteiger partial charge in [0.2, 0.25) is 0 Å². The fourth-order valence-electron chi connectivity index (χ4n) is 3.71. The third-order valence-electron chi connectivity index (χ3n) is 5.27. The van der Waals surface area contributed by atoms with Crippen molar-refractivity contribution in [3.05, 3.63) is 34.4 Å². The molecular formula is C17H27N3O6S+2. The Morgan fingerprint density at radius 2 is 1.56 bits per heavy atom. The second kappa shape index (κ2) is 9.07. The lowest BCUT2D eigenvalue weighted by atomic mass is 10.2. The van der Waals surface area contributed by atoms with Crippen LogP contribution in [-0.2, 0) is 19.3 Å². The average molecular weight is 401 g/mol. The van der Waals surface area contributed by atoms with E-state index in [1.807, 2.05) is 0 Å². The van der Waals surface area contributed by atoms with Crippen LogP contribution in [-0.4, -0.2) is 84.3 Å². The van der Waals surface area contributed by atoms with Crippen LogP contribution >= 0.6 is 0 Å². The van der Waals surface area contributed by atoms with Crippen LogP contribution in [0.5, 0.6) is 0 Å². The van der Waals surface area contributed by atoms with Gasteiger partial charge >= 0.3 is 0 Å². The van der Waals surface area contributed by atoms with Crippen molar-refractivity contribution in [3.8, 4) is 0 Å². The van der Waals surface area contributed by atoms with E-state index in [0.29, 0.717) is 26.4 Å². The van der Waals surface area contributed by atoms with E-state index in [4.69, 9.17) is 9.47 Å². The minimum absolute atomic E-state index is 0.0322. The third-order valence-corrected chi connectivity index (χ3v) is 7.11. The highest BCUT2D eigenvalue weighted by Gasteiger charge is 2.34. The maximum atomic E-state index is 13.0. The Labute approximate surface area is 158 Å². The number of morpholine rings is 2. The summed E-state index contributed by atoms with van der Waals surface area (Å²) in [6.45, 7) is 6.82. The summed E-state index contributed by atoms with van der Waals surface area (Å²) in [5, 5.41) is 10.8. The molecule has 0 radical (unpaired) electrons. The first-order valence-electron chi connectivity index (χ1n) is 9.26. The van der Waals surface area contributed by atoms with Gasteiger partial charge in [0, 0.05) is 12.1 Å². The van der Waals surface area contributed by atoms with Crippen LogP contribution in [0.25, 0.3) is 0 Å². The van der Waals surface area contributed by atoms with Crippen molar-refractivity contribution < 1.29 is 32.6 Å². The predicted molar refractivity (Wildman–Crippen MR) is 96.8 cm³/mol. The number of non-ortho nitro benzene ring substituents is 1. The minimum Gasteiger partial charge on any atom is -0.370 e.